The largest absolute Gasteiger partial charge is 0.497 e. The molecule has 0 unspecified atom stereocenters. The number of nitrogens with one attached hydrogen (secondary N) is 1. The third-order valence-electron chi connectivity index (χ3n) is 4.34. The Kier molecular flexibility index (Phi) is 11.4. The third kappa shape index (κ3) is 9.90. The van der Waals surface area contributed by atoms with Gasteiger partial charge in [0, 0.05) is 12.0 Å². The summed E-state index contributed by atoms with van der Waals surface area (Å²) < 4.78 is 5.20. The number of hydrazone groups is 1. The molecule has 0 heterocycles. The molecule has 1 amide bonds. The van der Waals surface area contributed by atoms with E-state index >= 15 is 0 Å². The fourth-order valence-corrected chi connectivity index (χ4v) is 2.71. The highest BCUT2D eigenvalue weighted by molar-refractivity contribution is 5.99. The summed E-state index contributed by atoms with van der Waals surface area (Å²) in [7, 11) is 1.64. The van der Waals surface area contributed by atoms with Crippen LogP contribution in [-0.4, -0.2) is 18.7 Å². The minimum Gasteiger partial charge on any atom is -0.497 e. The maximum atomic E-state index is 11.9. The number of carbonyl (C=O) groups is 1. The number of methoxy groups -OCH3 is 1. The molecule has 0 aromatic heterocycles. The normalized spacial score (nSPS) is 11.4. The molecule has 0 spiro atoms. The predicted octanol–water partition coefficient (Wildman–Crippen LogP) is 5.46. The third-order valence-corrected chi connectivity index (χ3v) is 4.34. The van der Waals surface area contributed by atoms with E-state index in [1.807, 2.05) is 31.2 Å². The zero-order valence-electron chi connectivity index (χ0n) is 16.1. The molecule has 1 rings (SSSR count). The smallest absolute Gasteiger partial charge is 0.240 e. The number of nitrogens with zero attached hydrogens (tertiary/aromatic N) is 1. The van der Waals surface area contributed by atoms with Gasteiger partial charge in [-0.2, -0.15) is 5.10 Å². The molecule has 25 heavy (non-hydrogen) atoms. The standard InChI is InChI=1S/C21H34N2O2/c1-4-5-6-7-8-9-10-11-12-16-21(24)23-22-18(2)19-14-13-15-20(17-19)25-3/h13-15,17H,4-12,16H2,1-3H3,(H,23,24)/b22-18+. The van der Waals surface area contributed by atoms with E-state index in [1.54, 1.807) is 7.11 Å². The average Bonchev–Trinajstić information content (AvgIpc) is 2.64. The van der Waals surface area contributed by atoms with Gasteiger partial charge in [0.2, 0.25) is 5.91 Å². The van der Waals surface area contributed by atoms with Crippen molar-refractivity contribution in [3.8, 4) is 5.75 Å². The summed E-state index contributed by atoms with van der Waals surface area (Å²) in [4.78, 5) is 11.9. The van der Waals surface area contributed by atoms with Gasteiger partial charge in [0.25, 0.3) is 0 Å². The first-order chi connectivity index (χ1) is 12.2. The van der Waals surface area contributed by atoms with E-state index in [1.165, 1.54) is 44.9 Å². The van der Waals surface area contributed by atoms with Gasteiger partial charge in [-0.05, 0) is 25.5 Å². The Morgan fingerprint density at radius 2 is 1.68 bits per heavy atom. The highest BCUT2D eigenvalue weighted by Crippen LogP contribution is 2.13. The number of hydrogen-bond acceptors (Lipinski definition) is 3. The highest BCUT2D eigenvalue weighted by Gasteiger charge is 2.03. The molecular weight excluding hydrogens is 312 g/mol. The molecule has 1 aromatic carbocycles. The van der Waals surface area contributed by atoms with Gasteiger partial charge in [-0.1, -0.05) is 70.4 Å². The van der Waals surface area contributed by atoms with E-state index in [0.717, 1.165) is 29.9 Å². The lowest BCUT2D eigenvalue weighted by Crippen LogP contribution is -2.18. The minimum atomic E-state index is -0.00908. The number of carbonyl (C=O) groups excluding carboxylic acids is 1. The molecule has 0 fully saturated rings. The van der Waals surface area contributed by atoms with Crippen LogP contribution >= 0.6 is 0 Å². The molecule has 1 aromatic rings. The van der Waals surface area contributed by atoms with Crippen molar-refractivity contribution >= 4 is 11.6 Å². The van der Waals surface area contributed by atoms with Crippen LogP contribution in [0.4, 0.5) is 0 Å². The Bertz CT molecular complexity index is 526. The van der Waals surface area contributed by atoms with Crippen LogP contribution in [0, 0.1) is 0 Å². The second-order valence-corrected chi connectivity index (χ2v) is 6.54. The summed E-state index contributed by atoms with van der Waals surface area (Å²) in [5.41, 5.74) is 4.38. The van der Waals surface area contributed by atoms with Gasteiger partial charge in [-0.3, -0.25) is 4.79 Å². The van der Waals surface area contributed by atoms with Crippen LogP contribution in [-0.2, 0) is 4.79 Å². The van der Waals surface area contributed by atoms with Crippen LogP contribution in [0.1, 0.15) is 83.6 Å². The Labute approximate surface area is 153 Å². The first-order valence-corrected chi connectivity index (χ1v) is 9.65. The second kappa shape index (κ2) is 13.5. The van der Waals surface area contributed by atoms with Crippen molar-refractivity contribution in [2.45, 2.75) is 78.1 Å². The molecule has 0 aliphatic carbocycles. The predicted molar refractivity (Wildman–Crippen MR) is 105 cm³/mol. The van der Waals surface area contributed by atoms with Crippen molar-refractivity contribution in [3.05, 3.63) is 29.8 Å². The lowest BCUT2D eigenvalue weighted by molar-refractivity contribution is -0.121. The molecule has 4 heteroatoms. The molecule has 1 N–H and O–H groups in total. The van der Waals surface area contributed by atoms with Gasteiger partial charge in [0.05, 0.1) is 12.8 Å². The van der Waals surface area contributed by atoms with Gasteiger partial charge in [-0.25, -0.2) is 5.43 Å². The fraction of sp³-hybridized carbons (Fsp3) is 0.619. The Morgan fingerprint density at radius 1 is 1.04 bits per heavy atom. The van der Waals surface area contributed by atoms with E-state index in [0.29, 0.717) is 6.42 Å². The topological polar surface area (TPSA) is 50.7 Å². The highest BCUT2D eigenvalue weighted by atomic mass is 16.5. The SMILES string of the molecule is CCCCCCCCCCCC(=O)N/N=C(\C)c1cccc(OC)c1. The van der Waals surface area contributed by atoms with Crippen molar-refractivity contribution < 1.29 is 9.53 Å². The maximum Gasteiger partial charge on any atom is 0.240 e. The molecule has 0 aliphatic rings. The van der Waals surface area contributed by atoms with E-state index in [2.05, 4.69) is 17.5 Å². The first kappa shape index (κ1) is 21.2. The van der Waals surface area contributed by atoms with Gasteiger partial charge >= 0.3 is 0 Å². The second-order valence-electron chi connectivity index (χ2n) is 6.54. The monoisotopic (exact) mass is 346 g/mol. The van der Waals surface area contributed by atoms with Crippen molar-refractivity contribution in [2.24, 2.45) is 5.10 Å². The molecule has 140 valence electrons. The number of hydrogen-bond donors (Lipinski definition) is 1. The Hall–Kier alpha value is -1.84. The molecule has 0 saturated carbocycles. The van der Waals surface area contributed by atoms with Crippen molar-refractivity contribution in [1.82, 2.24) is 5.43 Å². The van der Waals surface area contributed by atoms with Crippen molar-refractivity contribution in [1.29, 1.82) is 0 Å². The van der Waals surface area contributed by atoms with Crippen molar-refractivity contribution in [3.63, 3.8) is 0 Å². The van der Waals surface area contributed by atoms with E-state index < -0.39 is 0 Å². The summed E-state index contributed by atoms with van der Waals surface area (Å²) in [6, 6.07) is 7.66. The van der Waals surface area contributed by atoms with Crippen LogP contribution in [0.5, 0.6) is 5.75 Å². The Balaban J connectivity index is 2.15. The van der Waals surface area contributed by atoms with Crippen LogP contribution in [0.25, 0.3) is 0 Å². The zero-order valence-corrected chi connectivity index (χ0v) is 16.1. The molecule has 0 bridgehead atoms. The molecule has 0 saturated heterocycles. The molecule has 0 atom stereocenters. The minimum absolute atomic E-state index is 0.00908. The summed E-state index contributed by atoms with van der Waals surface area (Å²) in [5.74, 6) is 0.776. The van der Waals surface area contributed by atoms with Crippen molar-refractivity contribution in [2.75, 3.05) is 7.11 Å². The maximum absolute atomic E-state index is 11.9. The summed E-state index contributed by atoms with van der Waals surface area (Å²) in [5, 5.41) is 4.19. The molecule has 0 radical (unpaired) electrons. The van der Waals surface area contributed by atoms with Crippen LogP contribution in [0.2, 0.25) is 0 Å². The fourth-order valence-electron chi connectivity index (χ4n) is 2.71. The molecular formula is C21H34N2O2. The molecule has 0 aliphatic heterocycles. The van der Waals surface area contributed by atoms with Crippen LogP contribution in [0.15, 0.2) is 29.4 Å². The lowest BCUT2D eigenvalue weighted by atomic mass is 10.1. The van der Waals surface area contributed by atoms with E-state index in [-0.39, 0.29) is 5.91 Å². The number of rotatable bonds is 13. The first-order valence-electron chi connectivity index (χ1n) is 9.65. The van der Waals surface area contributed by atoms with E-state index in [9.17, 15) is 4.79 Å². The van der Waals surface area contributed by atoms with E-state index in [4.69, 9.17) is 4.74 Å². The zero-order chi connectivity index (χ0) is 18.3. The van der Waals surface area contributed by atoms with Gasteiger partial charge in [0.15, 0.2) is 0 Å². The number of benzene rings is 1. The van der Waals surface area contributed by atoms with Crippen LogP contribution in [0.3, 0.4) is 0 Å². The van der Waals surface area contributed by atoms with Gasteiger partial charge in [-0.15, -0.1) is 0 Å². The average molecular weight is 347 g/mol. The molecule has 4 nitrogen and oxygen atoms in total. The van der Waals surface area contributed by atoms with Crippen LogP contribution < -0.4 is 10.2 Å². The van der Waals surface area contributed by atoms with Gasteiger partial charge < -0.3 is 4.74 Å². The summed E-state index contributed by atoms with van der Waals surface area (Å²) in [6.07, 6.45) is 11.8. The Morgan fingerprint density at radius 3 is 2.32 bits per heavy atom. The number of unbranched alkanes of at least 4 members (excludes halogenated alkanes) is 8. The quantitative estimate of drug-likeness (QED) is 0.293. The summed E-state index contributed by atoms with van der Waals surface area (Å²) >= 11 is 0. The summed E-state index contributed by atoms with van der Waals surface area (Å²) in [6.45, 7) is 4.13. The lowest BCUT2D eigenvalue weighted by Gasteiger charge is -2.05. The number of ether oxygens (including phenoxy) is 1. The number of amides is 1. The van der Waals surface area contributed by atoms with Gasteiger partial charge in [0.1, 0.15) is 5.75 Å².